The maximum Gasteiger partial charge on any atom is 0.311 e. The first-order valence-electron chi connectivity index (χ1n) is 11.7. The third-order valence-corrected chi connectivity index (χ3v) is 7.39. The molecule has 4 rings (SSSR count). The number of methoxy groups -OCH3 is 1. The molecule has 0 atom stereocenters. The van der Waals surface area contributed by atoms with Gasteiger partial charge in [-0.1, -0.05) is 39.0 Å². The molecule has 4 nitrogen and oxygen atoms in total. The van der Waals surface area contributed by atoms with E-state index in [1.807, 2.05) is 0 Å². The summed E-state index contributed by atoms with van der Waals surface area (Å²) >= 11 is 0. The lowest BCUT2D eigenvalue weighted by Crippen LogP contribution is -2.49. The lowest BCUT2D eigenvalue weighted by atomic mass is 9.72. The summed E-state index contributed by atoms with van der Waals surface area (Å²) in [4.78, 5) is 13.9. The molecule has 2 aromatic rings. The van der Waals surface area contributed by atoms with Crippen LogP contribution < -0.4 is 4.74 Å². The van der Waals surface area contributed by atoms with E-state index >= 15 is 0 Å². The highest BCUT2D eigenvalue weighted by atomic mass is 16.5. The van der Waals surface area contributed by atoms with Gasteiger partial charge in [0.15, 0.2) is 0 Å². The van der Waals surface area contributed by atoms with Gasteiger partial charge in [-0.05, 0) is 78.0 Å². The molecule has 0 N–H and O–H groups in total. The van der Waals surface area contributed by atoms with Crippen LogP contribution >= 0.6 is 0 Å². The minimum atomic E-state index is -0.0928. The van der Waals surface area contributed by atoms with E-state index in [1.54, 1.807) is 0 Å². The van der Waals surface area contributed by atoms with Gasteiger partial charge in [0.05, 0.1) is 19.1 Å². The van der Waals surface area contributed by atoms with Crippen LogP contribution in [0.15, 0.2) is 30.3 Å². The van der Waals surface area contributed by atoms with Crippen molar-refractivity contribution >= 4 is 16.7 Å². The average molecular weight is 424 g/mol. The highest BCUT2D eigenvalue weighted by Crippen LogP contribution is 2.39. The fourth-order valence-corrected chi connectivity index (χ4v) is 5.24. The molecule has 0 aromatic heterocycles. The first-order chi connectivity index (χ1) is 14.7. The largest absolute Gasteiger partial charge is 0.490 e. The molecule has 31 heavy (non-hydrogen) atoms. The molecule has 0 spiro atoms. The number of benzene rings is 2. The van der Waals surface area contributed by atoms with Gasteiger partial charge < -0.3 is 9.47 Å². The molecular weight excluding hydrogens is 386 g/mol. The van der Waals surface area contributed by atoms with Crippen molar-refractivity contribution in [1.82, 2.24) is 4.90 Å². The van der Waals surface area contributed by atoms with Crippen molar-refractivity contribution < 1.29 is 14.3 Å². The van der Waals surface area contributed by atoms with Crippen LogP contribution in [-0.4, -0.2) is 37.2 Å². The summed E-state index contributed by atoms with van der Waals surface area (Å²) in [6, 6.07) is 11.0. The van der Waals surface area contributed by atoms with Crippen LogP contribution in [0.3, 0.4) is 0 Å². The Morgan fingerprint density at radius 2 is 1.77 bits per heavy atom. The van der Waals surface area contributed by atoms with E-state index in [-0.39, 0.29) is 11.9 Å². The van der Waals surface area contributed by atoms with Gasteiger partial charge in [0.1, 0.15) is 5.75 Å². The SMILES string of the molecule is COC(=O)C1CN(Cc2ccc3c(C)c(O[C@H]4CC[C@H](C(C)(C)C)CC4)ccc3c2)C1. The van der Waals surface area contributed by atoms with E-state index in [9.17, 15) is 4.79 Å². The van der Waals surface area contributed by atoms with Gasteiger partial charge in [-0.15, -0.1) is 0 Å². The Balaban J connectivity index is 1.38. The Labute approximate surface area is 186 Å². The number of esters is 1. The number of carbonyl (C=O) groups is 1. The molecule has 168 valence electrons. The molecule has 1 aliphatic heterocycles. The summed E-state index contributed by atoms with van der Waals surface area (Å²) < 4.78 is 11.3. The summed E-state index contributed by atoms with van der Waals surface area (Å²) in [5, 5.41) is 2.52. The zero-order chi connectivity index (χ0) is 22.2. The number of rotatable bonds is 5. The van der Waals surface area contributed by atoms with Crippen molar-refractivity contribution in [2.24, 2.45) is 17.3 Å². The Morgan fingerprint density at radius 1 is 1.06 bits per heavy atom. The molecule has 0 unspecified atom stereocenters. The van der Waals surface area contributed by atoms with Gasteiger partial charge in [-0.3, -0.25) is 9.69 Å². The number of hydrogen-bond donors (Lipinski definition) is 0. The molecular formula is C27H37NO3. The third-order valence-electron chi connectivity index (χ3n) is 7.39. The number of nitrogens with zero attached hydrogens (tertiary/aromatic N) is 1. The number of fused-ring (bicyclic) bond motifs is 1. The second-order valence-electron chi connectivity index (χ2n) is 10.6. The van der Waals surface area contributed by atoms with Crippen molar-refractivity contribution in [3.05, 3.63) is 41.5 Å². The molecule has 1 heterocycles. The minimum absolute atomic E-state index is 0.0332. The Hall–Kier alpha value is -2.07. The lowest BCUT2D eigenvalue weighted by Gasteiger charge is -2.37. The second-order valence-corrected chi connectivity index (χ2v) is 10.6. The Bertz CT molecular complexity index is 931. The smallest absolute Gasteiger partial charge is 0.311 e. The standard InChI is InChI=1S/C27H37NO3/c1-18-24-12-6-19(15-28-16-21(17-28)26(29)30-5)14-20(24)7-13-25(18)31-23-10-8-22(9-11-23)27(2,3)4/h6-7,12-14,21-23H,8-11,15-17H2,1-5H3/t22-,23-. The monoisotopic (exact) mass is 423 g/mol. The van der Waals surface area contributed by atoms with E-state index < -0.39 is 0 Å². The molecule has 2 fully saturated rings. The van der Waals surface area contributed by atoms with Gasteiger partial charge >= 0.3 is 5.97 Å². The van der Waals surface area contributed by atoms with E-state index in [0.717, 1.165) is 44.1 Å². The number of aryl methyl sites for hydroxylation is 1. The molecule has 1 saturated heterocycles. The van der Waals surface area contributed by atoms with Crippen LogP contribution in [0.4, 0.5) is 0 Å². The van der Waals surface area contributed by atoms with Gasteiger partial charge in [0.25, 0.3) is 0 Å². The average Bonchev–Trinajstić information content (AvgIpc) is 2.71. The zero-order valence-electron chi connectivity index (χ0n) is 19.7. The predicted octanol–water partition coefficient (Wildman–Crippen LogP) is 5.74. The molecule has 0 amide bonds. The normalized spacial score (nSPS) is 22.9. The predicted molar refractivity (Wildman–Crippen MR) is 125 cm³/mol. The maximum atomic E-state index is 11.6. The van der Waals surface area contributed by atoms with Gasteiger partial charge in [-0.2, -0.15) is 0 Å². The van der Waals surface area contributed by atoms with Gasteiger partial charge in [0, 0.05) is 19.6 Å². The Kier molecular flexibility index (Phi) is 6.30. The highest BCUT2D eigenvalue weighted by Gasteiger charge is 2.33. The molecule has 1 aliphatic carbocycles. The van der Waals surface area contributed by atoms with Crippen LogP contribution in [0, 0.1) is 24.2 Å². The number of likely N-dealkylation sites (tertiary alicyclic amines) is 1. The molecule has 0 bridgehead atoms. The van der Waals surface area contributed by atoms with Crippen molar-refractivity contribution in [3.63, 3.8) is 0 Å². The van der Waals surface area contributed by atoms with Gasteiger partial charge in [-0.25, -0.2) is 0 Å². The topological polar surface area (TPSA) is 38.8 Å². The zero-order valence-corrected chi connectivity index (χ0v) is 19.7. The summed E-state index contributed by atoms with van der Waals surface area (Å²) in [5.41, 5.74) is 2.92. The van der Waals surface area contributed by atoms with E-state index in [1.165, 1.54) is 41.9 Å². The fraction of sp³-hybridized carbons (Fsp3) is 0.593. The van der Waals surface area contributed by atoms with Crippen LogP contribution in [-0.2, 0) is 16.1 Å². The molecule has 4 heteroatoms. The molecule has 2 aromatic carbocycles. The van der Waals surface area contributed by atoms with Crippen LogP contribution in [0.5, 0.6) is 5.75 Å². The summed E-state index contributed by atoms with van der Waals surface area (Å²) in [7, 11) is 1.46. The highest BCUT2D eigenvalue weighted by molar-refractivity contribution is 5.88. The molecule has 0 radical (unpaired) electrons. The van der Waals surface area contributed by atoms with Crippen LogP contribution in [0.1, 0.15) is 57.6 Å². The number of carbonyl (C=O) groups excluding carboxylic acids is 1. The van der Waals surface area contributed by atoms with Crippen molar-refractivity contribution in [3.8, 4) is 5.75 Å². The van der Waals surface area contributed by atoms with Crippen molar-refractivity contribution in [1.29, 1.82) is 0 Å². The van der Waals surface area contributed by atoms with E-state index in [2.05, 4.69) is 62.9 Å². The summed E-state index contributed by atoms with van der Waals surface area (Å²) in [6.45, 7) is 11.7. The maximum absolute atomic E-state index is 11.6. The molecule has 1 saturated carbocycles. The Morgan fingerprint density at radius 3 is 2.42 bits per heavy atom. The quantitative estimate of drug-likeness (QED) is 0.575. The molecule has 2 aliphatic rings. The first-order valence-corrected chi connectivity index (χ1v) is 11.7. The van der Waals surface area contributed by atoms with Crippen LogP contribution in [0.25, 0.3) is 10.8 Å². The first kappa shape index (κ1) is 22.1. The fourth-order valence-electron chi connectivity index (χ4n) is 5.24. The summed E-state index contributed by atoms with van der Waals surface area (Å²) in [5.74, 6) is 1.77. The number of hydrogen-bond acceptors (Lipinski definition) is 4. The van der Waals surface area contributed by atoms with Crippen LogP contribution in [0.2, 0.25) is 0 Å². The second kappa shape index (κ2) is 8.82. The third kappa shape index (κ3) is 4.90. The lowest BCUT2D eigenvalue weighted by molar-refractivity contribution is -0.151. The van der Waals surface area contributed by atoms with Gasteiger partial charge in [0.2, 0.25) is 0 Å². The van der Waals surface area contributed by atoms with Crippen molar-refractivity contribution in [2.75, 3.05) is 20.2 Å². The minimum Gasteiger partial charge on any atom is -0.490 e. The van der Waals surface area contributed by atoms with E-state index in [0.29, 0.717) is 11.5 Å². The van der Waals surface area contributed by atoms with E-state index in [4.69, 9.17) is 9.47 Å². The van der Waals surface area contributed by atoms with Crippen molar-refractivity contribution in [2.45, 2.75) is 66.0 Å². The summed E-state index contributed by atoms with van der Waals surface area (Å²) in [6.07, 6.45) is 5.17. The number of ether oxygens (including phenoxy) is 2.